The van der Waals surface area contributed by atoms with Gasteiger partial charge in [-0.3, -0.25) is 0 Å². The lowest BCUT2D eigenvalue weighted by molar-refractivity contribution is 0.133. The number of likely N-dealkylation sites (tertiary alicyclic amines) is 1. The zero-order chi connectivity index (χ0) is 12.1. The lowest BCUT2D eigenvalue weighted by Crippen LogP contribution is -2.40. The Morgan fingerprint density at radius 2 is 2.12 bits per heavy atom. The van der Waals surface area contributed by atoms with Gasteiger partial charge < -0.3 is 14.6 Å². The van der Waals surface area contributed by atoms with Crippen LogP contribution in [0.2, 0.25) is 0 Å². The summed E-state index contributed by atoms with van der Waals surface area (Å²) in [6.45, 7) is 10.3. The van der Waals surface area contributed by atoms with Gasteiger partial charge in [0, 0.05) is 13.1 Å². The minimum atomic E-state index is 0.554. The third-order valence-corrected chi connectivity index (χ3v) is 3.69. The maximum Gasteiger partial charge on any atom is 0.117 e. The predicted octanol–water partition coefficient (Wildman–Crippen LogP) is 2.49. The molecule has 96 valence electrons. The van der Waals surface area contributed by atoms with Crippen molar-refractivity contribution in [2.45, 2.75) is 33.2 Å². The molecule has 0 saturated carbocycles. The largest absolute Gasteiger partial charge is 0.468 e. The van der Waals surface area contributed by atoms with Crippen LogP contribution in [0.25, 0.3) is 0 Å². The molecule has 1 fully saturated rings. The van der Waals surface area contributed by atoms with Crippen LogP contribution in [0.1, 0.15) is 32.4 Å². The molecule has 0 aromatic carbocycles. The Bertz CT molecular complexity index is 309. The third kappa shape index (κ3) is 4.17. The summed E-state index contributed by atoms with van der Waals surface area (Å²) in [5.41, 5.74) is 0.554. The van der Waals surface area contributed by atoms with E-state index in [1.54, 1.807) is 6.26 Å². The van der Waals surface area contributed by atoms with Crippen molar-refractivity contribution in [3.8, 4) is 0 Å². The third-order valence-electron chi connectivity index (χ3n) is 3.69. The molecular formula is C14H24N2O. The average molecular weight is 236 g/mol. The van der Waals surface area contributed by atoms with Gasteiger partial charge in [0.05, 0.1) is 12.8 Å². The molecule has 0 atom stereocenters. The Kier molecular flexibility index (Phi) is 4.24. The molecule has 2 heterocycles. The van der Waals surface area contributed by atoms with Crippen LogP contribution in [0.4, 0.5) is 0 Å². The standard InChI is InChI=1S/C14H24N2O/c1-14(2)5-8-16(9-6-14)10-7-15-12-13-4-3-11-17-13/h3-4,11,15H,5-10,12H2,1-2H3. The molecule has 0 aliphatic carbocycles. The second kappa shape index (κ2) is 5.69. The van der Waals surface area contributed by atoms with Gasteiger partial charge in [0.25, 0.3) is 0 Å². The first kappa shape index (κ1) is 12.7. The van der Waals surface area contributed by atoms with Crippen molar-refractivity contribution in [1.82, 2.24) is 10.2 Å². The number of furan rings is 1. The quantitative estimate of drug-likeness (QED) is 0.796. The molecule has 0 radical (unpaired) electrons. The topological polar surface area (TPSA) is 28.4 Å². The van der Waals surface area contributed by atoms with E-state index in [0.717, 1.165) is 25.4 Å². The molecule has 2 rings (SSSR count). The first-order valence-electron chi connectivity index (χ1n) is 6.61. The molecule has 3 nitrogen and oxygen atoms in total. The van der Waals surface area contributed by atoms with Crippen molar-refractivity contribution in [2.24, 2.45) is 5.41 Å². The van der Waals surface area contributed by atoms with Crippen molar-refractivity contribution in [2.75, 3.05) is 26.2 Å². The molecule has 0 bridgehead atoms. The van der Waals surface area contributed by atoms with Crippen LogP contribution in [0.5, 0.6) is 0 Å². The fourth-order valence-electron chi connectivity index (χ4n) is 2.24. The van der Waals surface area contributed by atoms with E-state index in [1.165, 1.54) is 25.9 Å². The monoisotopic (exact) mass is 236 g/mol. The Hall–Kier alpha value is -0.800. The molecule has 1 saturated heterocycles. The molecule has 1 aromatic rings. The number of hydrogen-bond donors (Lipinski definition) is 1. The predicted molar refractivity (Wildman–Crippen MR) is 69.9 cm³/mol. The van der Waals surface area contributed by atoms with Crippen LogP contribution in [-0.2, 0) is 6.54 Å². The molecular weight excluding hydrogens is 212 g/mol. The molecule has 0 spiro atoms. The van der Waals surface area contributed by atoms with Crippen LogP contribution in [0.3, 0.4) is 0 Å². The molecule has 1 aromatic heterocycles. The SMILES string of the molecule is CC1(C)CCN(CCNCc2ccco2)CC1. The lowest BCUT2D eigenvalue weighted by atomic mass is 9.83. The molecule has 3 heteroatoms. The zero-order valence-corrected chi connectivity index (χ0v) is 11.0. The van der Waals surface area contributed by atoms with Gasteiger partial charge in [0.1, 0.15) is 5.76 Å². The van der Waals surface area contributed by atoms with Gasteiger partial charge in [0.2, 0.25) is 0 Å². The van der Waals surface area contributed by atoms with Gasteiger partial charge in [-0.15, -0.1) is 0 Å². The normalized spacial score (nSPS) is 20.6. The van der Waals surface area contributed by atoms with E-state index in [2.05, 4.69) is 24.1 Å². The van der Waals surface area contributed by atoms with E-state index in [1.807, 2.05) is 12.1 Å². The van der Waals surface area contributed by atoms with Crippen LogP contribution < -0.4 is 5.32 Å². The van der Waals surface area contributed by atoms with E-state index >= 15 is 0 Å². The molecule has 1 aliphatic rings. The maximum atomic E-state index is 5.28. The minimum absolute atomic E-state index is 0.554. The fraction of sp³-hybridized carbons (Fsp3) is 0.714. The highest BCUT2D eigenvalue weighted by Crippen LogP contribution is 2.29. The van der Waals surface area contributed by atoms with Crippen molar-refractivity contribution < 1.29 is 4.42 Å². The number of nitrogens with zero attached hydrogens (tertiary/aromatic N) is 1. The summed E-state index contributed by atoms with van der Waals surface area (Å²) in [4.78, 5) is 2.56. The van der Waals surface area contributed by atoms with Crippen molar-refractivity contribution in [1.29, 1.82) is 0 Å². The van der Waals surface area contributed by atoms with Crippen molar-refractivity contribution in [3.63, 3.8) is 0 Å². The summed E-state index contributed by atoms with van der Waals surface area (Å²) in [7, 11) is 0. The first-order valence-corrected chi connectivity index (χ1v) is 6.61. The van der Waals surface area contributed by atoms with Gasteiger partial charge in [-0.1, -0.05) is 13.8 Å². The van der Waals surface area contributed by atoms with Gasteiger partial charge >= 0.3 is 0 Å². The smallest absolute Gasteiger partial charge is 0.117 e. The Morgan fingerprint density at radius 3 is 2.76 bits per heavy atom. The Balaban J connectivity index is 1.57. The lowest BCUT2D eigenvalue weighted by Gasteiger charge is -2.36. The van der Waals surface area contributed by atoms with Gasteiger partial charge in [-0.25, -0.2) is 0 Å². The van der Waals surface area contributed by atoms with Crippen molar-refractivity contribution >= 4 is 0 Å². The zero-order valence-electron chi connectivity index (χ0n) is 11.0. The van der Waals surface area contributed by atoms with E-state index in [0.29, 0.717) is 5.41 Å². The second-order valence-electron chi connectivity index (χ2n) is 5.76. The van der Waals surface area contributed by atoms with Gasteiger partial charge in [-0.05, 0) is 43.5 Å². The highest BCUT2D eigenvalue weighted by molar-refractivity contribution is 4.97. The van der Waals surface area contributed by atoms with Crippen molar-refractivity contribution in [3.05, 3.63) is 24.2 Å². The summed E-state index contributed by atoms with van der Waals surface area (Å²) in [6.07, 6.45) is 4.38. The van der Waals surface area contributed by atoms with Crippen LogP contribution >= 0.6 is 0 Å². The van der Waals surface area contributed by atoms with Crippen LogP contribution in [0.15, 0.2) is 22.8 Å². The van der Waals surface area contributed by atoms with E-state index in [9.17, 15) is 0 Å². The number of piperidine rings is 1. The Morgan fingerprint density at radius 1 is 1.35 bits per heavy atom. The fourth-order valence-corrected chi connectivity index (χ4v) is 2.24. The summed E-state index contributed by atoms with van der Waals surface area (Å²) in [5, 5.41) is 3.42. The molecule has 1 aliphatic heterocycles. The second-order valence-corrected chi connectivity index (χ2v) is 5.76. The van der Waals surface area contributed by atoms with Crippen LogP contribution in [-0.4, -0.2) is 31.1 Å². The van der Waals surface area contributed by atoms with Gasteiger partial charge in [0.15, 0.2) is 0 Å². The molecule has 0 unspecified atom stereocenters. The summed E-state index contributed by atoms with van der Waals surface area (Å²) >= 11 is 0. The Labute approximate surface area is 104 Å². The highest BCUT2D eigenvalue weighted by Gasteiger charge is 2.24. The highest BCUT2D eigenvalue weighted by atomic mass is 16.3. The number of hydrogen-bond acceptors (Lipinski definition) is 3. The minimum Gasteiger partial charge on any atom is -0.468 e. The number of rotatable bonds is 5. The van der Waals surface area contributed by atoms with Gasteiger partial charge in [-0.2, -0.15) is 0 Å². The van der Waals surface area contributed by atoms with E-state index in [-0.39, 0.29) is 0 Å². The summed E-state index contributed by atoms with van der Waals surface area (Å²) in [5.74, 6) is 1.02. The molecule has 0 amide bonds. The molecule has 1 N–H and O–H groups in total. The number of nitrogens with one attached hydrogen (secondary N) is 1. The summed E-state index contributed by atoms with van der Waals surface area (Å²) in [6, 6.07) is 3.94. The van der Waals surface area contributed by atoms with E-state index in [4.69, 9.17) is 4.42 Å². The molecule has 17 heavy (non-hydrogen) atoms. The maximum absolute atomic E-state index is 5.28. The van der Waals surface area contributed by atoms with Crippen LogP contribution in [0, 0.1) is 5.41 Å². The first-order chi connectivity index (χ1) is 8.16. The average Bonchev–Trinajstić information content (AvgIpc) is 2.79. The summed E-state index contributed by atoms with van der Waals surface area (Å²) < 4.78 is 5.28. The van der Waals surface area contributed by atoms with E-state index < -0.39 is 0 Å².